The molecule has 0 bridgehead atoms. The van der Waals surface area contributed by atoms with E-state index in [1.54, 1.807) is 0 Å². The molecule has 1 aromatic rings. The van der Waals surface area contributed by atoms with Gasteiger partial charge in [-0.05, 0) is 38.3 Å². The largest absolute Gasteiger partial charge is 0.388 e. The maximum Gasteiger partial charge on any atom is 0.251 e. The molecular weight excluding hydrogens is 226 g/mol. The van der Waals surface area contributed by atoms with Crippen molar-refractivity contribution in [3.63, 3.8) is 0 Å². The van der Waals surface area contributed by atoms with Gasteiger partial charge in [-0.3, -0.25) is 4.79 Å². The topological polar surface area (TPSA) is 49.3 Å². The molecule has 1 rings (SSSR count). The first-order valence-electron chi connectivity index (χ1n) is 6.49. The minimum absolute atomic E-state index is 0.118. The predicted molar refractivity (Wildman–Crippen MR) is 73.8 cm³/mol. The van der Waals surface area contributed by atoms with Crippen molar-refractivity contribution in [1.82, 2.24) is 5.32 Å². The molecule has 0 atom stereocenters. The Morgan fingerprint density at radius 3 is 2.39 bits per heavy atom. The van der Waals surface area contributed by atoms with Crippen LogP contribution in [0.2, 0.25) is 0 Å². The van der Waals surface area contributed by atoms with E-state index in [9.17, 15) is 9.90 Å². The van der Waals surface area contributed by atoms with Crippen LogP contribution in [0.25, 0.3) is 0 Å². The van der Waals surface area contributed by atoms with Gasteiger partial charge in [-0.25, -0.2) is 0 Å². The molecule has 0 aromatic heterocycles. The number of amides is 1. The van der Waals surface area contributed by atoms with Crippen molar-refractivity contribution in [3.8, 4) is 0 Å². The number of aryl methyl sites for hydroxylation is 2. The molecule has 0 spiro atoms. The molecule has 0 saturated heterocycles. The zero-order chi connectivity index (χ0) is 13.8. The second-order valence-corrected chi connectivity index (χ2v) is 4.93. The summed E-state index contributed by atoms with van der Waals surface area (Å²) in [4.78, 5) is 12.0. The average molecular weight is 249 g/mol. The maximum atomic E-state index is 12.0. The van der Waals surface area contributed by atoms with E-state index in [1.807, 2.05) is 45.9 Å². The van der Waals surface area contributed by atoms with Gasteiger partial charge < -0.3 is 10.4 Å². The summed E-state index contributed by atoms with van der Waals surface area (Å²) in [7, 11) is 0. The maximum absolute atomic E-state index is 12.0. The van der Waals surface area contributed by atoms with Gasteiger partial charge in [0, 0.05) is 12.1 Å². The Labute approximate surface area is 109 Å². The van der Waals surface area contributed by atoms with Gasteiger partial charge in [0.25, 0.3) is 5.91 Å². The molecule has 1 aromatic carbocycles. The van der Waals surface area contributed by atoms with Gasteiger partial charge >= 0.3 is 0 Å². The summed E-state index contributed by atoms with van der Waals surface area (Å²) in [5, 5.41) is 12.9. The van der Waals surface area contributed by atoms with Gasteiger partial charge in [0.15, 0.2) is 0 Å². The van der Waals surface area contributed by atoms with Crippen molar-refractivity contribution in [2.24, 2.45) is 0 Å². The zero-order valence-corrected chi connectivity index (χ0v) is 11.7. The van der Waals surface area contributed by atoms with Crippen molar-refractivity contribution >= 4 is 5.91 Å². The molecule has 0 unspecified atom stereocenters. The fourth-order valence-electron chi connectivity index (χ4n) is 1.91. The van der Waals surface area contributed by atoms with E-state index in [1.165, 1.54) is 0 Å². The third-order valence-electron chi connectivity index (χ3n) is 3.52. The molecule has 1 amide bonds. The van der Waals surface area contributed by atoms with E-state index in [-0.39, 0.29) is 5.91 Å². The van der Waals surface area contributed by atoms with E-state index in [0.29, 0.717) is 24.9 Å². The van der Waals surface area contributed by atoms with E-state index >= 15 is 0 Å². The lowest BCUT2D eigenvalue weighted by Gasteiger charge is -2.25. The molecular formula is C15H23NO2. The van der Waals surface area contributed by atoms with Gasteiger partial charge in [0.05, 0.1) is 5.60 Å². The second kappa shape index (κ2) is 6.01. The van der Waals surface area contributed by atoms with Crippen molar-refractivity contribution in [1.29, 1.82) is 0 Å². The van der Waals surface area contributed by atoms with Crippen LogP contribution in [-0.4, -0.2) is 23.2 Å². The molecule has 0 radical (unpaired) electrons. The zero-order valence-electron chi connectivity index (χ0n) is 11.7. The Morgan fingerprint density at radius 1 is 1.28 bits per heavy atom. The third-order valence-corrected chi connectivity index (χ3v) is 3.52. The first kappa shape index (κ1) is 14.7. The highest BCUT2D eigenvalue weighted by molar-refractivity contribution is 5.95. The molecule has 0 aliphatic carbocycles. The van der Waals surface area contributed by atoms with E-state index in [2.05, 4.69) is 5.32 Å². The summed E-state index contributed by atoms with van der Waals surface area (Å²) >= 11 is 0. The van der Waals surface area contributed by atoms with Crippen molar-refractivity contribution in [2.45, 2.75) is 46.1 Å². The molecule has 0 aliphatic heterocycles. The van der Waals surface area contributed by atoms with Crippen LogP contribution in [0.3, 0.4) is 0 Å². The minimum Gasteiger partial charge on any atom is -0.388 e. The lowest BCUT2D eigenvalue weighted by atomic mass is 9.97. The van der Waals surface area contributed by atoms with Crippen LogP contribution in [0.15, 0.2) is 18.2 Å². The molecule has 3 nitrogen and oxygen atoms in total. The monoisotopic (exact) mass is 249 g/mol. The van der Waals surface area contributed by atoms with E-state index in [4.69, 9.17) is 0 Å². The number of hydrogen-bond acceptors (Lipinski definition) is 2. The smallest absolute Gasteiger partial charge is 0.251 e. The molecule has 0 heterocycles. The molecule has 18 heavy (non-hydrogen) atoms. The van der Waals surface area contributed by atoms with Crippen LogP contribution in [0, 0.1) is 13.8 Å². The van der Waals surface area contributed by atoms with Gasteiger partial charge in [0.2, 0.25) is 0 Å². The third kappa shape index (κ3) is 3.57. The first-order chi connectivity index (χ1) is 8.41. The summed E-state index contributed by atoms with van der Waals surface area (Å²) in [5.74, 6) is -0.118. The Kier molecular flexibility index (Phi) is 4.91. The molecule has 3 heteroatoms. The predicted octanol–water partition coefficient (Wildman–Crippen LogP) is 2.58. The van der Waals surface area contributed by atoms with Crippen LogP contribution in [0.4, 0.5) is 0 Å². The fraction of sp³-hybridized carbons (Fsp3) is 0.533. The normalized spacial score (nSPS) is 11.4. The van der Waals surface area contributed by atoms with Crippen molar-refractivity contribution in [3.05, 3.63) is 34.9 Å². The number of aliphatic hydroxyl groups is 1. The highest BCUT2D eigenvalue weighted by Gasteiger charge is 2.23. The lowest BCUT2D eigenvalue weighted by molar-refractivity contribution is 0.0314. The Balaban J connectivity index is 2.71. The van der Waals surface area contributed by atoms with E-state index < -0.39 is 5.60 Å². The first-order valence-corrected chi connectivity index (χ1v) is 6.49. The van der Waals surface area contributed by atoms with E-state index in [0.717, 1.165) is 11.1 Å². The van der Waals surface area contributed by atoms with Crippen molar-refractivity contribution in [2.75, 3.05) is 6.54 Å². The quantitative estimate of drug-likeness (QED) is 0.842. The Hall–Kier alpha value is -1.35. The second-order valence-electron chi connectivity index (χ2n) is 4.93. The number of carbonyl (C=O) groups is 1. The van der Waals surface area contributed by atoms with Crippen LogP contribution >= 0.6 is 0 Å². The van der Waals surface area contributed by atoms with Crippen LogP contribution in [0.5, 0.6) is 0 Å². The molecule has 0 aliphatic rings. The highest BCUT2D eigenvalue weighted by atomic mass is 16.3. The summed E-state index contributed by atoms with van der Waals surface area (Å²) in [6, 6.07) is 5.74. The number of rotatable bonds is 5. The number of benzene rings is 1. The standard InChI is InChI=1S/C15H23NO2/c1-5-15(18,6-2)10-16-14(17)13-8-7-11(3)9-12(13)4/h7-9,18H,5-6,10H2,1-4H3,(H,16,17). The van der Waals surface area contributed by atoms with Crippen LogP contribution < -0.4 is 5.32 Å². The molecule has 0 fully saturated rings. The van der Waals surface area contributed by atoms with Crippen LogP contribution in [-0.2, 0) is 0 Å². The molecule has 2 N–H and O–H groups in total. The number of nitrogens with one attached hydrogen (secondary N) is 1. The molecule has 100 valence electrons. The fourth-order valence-corrected chi connectivity index (χ4v) is 1.91. The average Bonchev–Trinajstić information content (AvgIpc) is 2.35. The minimum atomic E-state index is -0.797. The SMILES string of the molecule is CCC(O)(CC)CNC(=O)c1ccc(C)cc1C. The van der Waals surface area contributed by atoms with Crippen molar-refractivity contribution < 1.29 is 9.90 Å². The van der Waals surface area contributed by atoms with Gasteiger partial charge in [-0.2, -0.15) is 0 Å². The number of hydrogen-bond donors (Lipinski definition) is 2. The van der Waals surface area contributed by atoms with Gasteiger partial charge in [-0.1, -0.05) is 31.5 Å². The summed E-state index contributed by atoms with van der Waals surface area (Å²) < 4.78 is 0. The van der Waals surface area contributed by atoms with Crippen LogP contribution in [0.1, 0.15) is 48.2 Å². The Bertz CT molecular complexity index is 423. The van der Waals surface area contributed by atoms with Gasteiger partial charge in [-0.15, -0.1) is 0 Å². The Morgan fingerprint density at radius 2 is 1.89 bits per heavy atom. The number of carbonyl (C=O) groups excluding carboxylic acids is 1. The highest BCUT2D eigenvalue weighted by Crippen LogP contribution is 2.14. The summed E-state index contributed by atoms with van der Waals surface area (Å²) in [6.45, 7) is 8.07. The summed E-state index contributed by atoms with van der Waals surface area (Å²) in [6.07, 6.45) is 1.27. The lowest BCUT2D eigenvalue weighted by Crippen LogP contribution is -2.42. The summed E-state index contributed by atoms with van der Waals surface area (Å²) in [5.41, 5.74) is 1.98. The molecule has 0 saturated carbocycles. The van der Waals surface area contributed by atoms with Gasteiger partial charge in [0.1, 0.15) is 0 Å².